The number of hydrogen-bond donors (Lipinski definition) is 5. The Morgan fingerprint density at radius 2 is 1.85 bits per heavy atom. The highest BCUT2D eigenvalue weighted by atomic mass is 32.1. The van der Waals surface area contributed by atoms with Crippen molar-refractivity contribution in [2.45, 2.75) is 57.3 Å². The van der Waals surface area contributed by atoms with Crippen molar-refractivity contribution in [3.63, 3.8) is 0 Å². The molecule has 0 bridgehead atoms. The molecule has 9 nitrogen and oxygen atoms in total. The molecule has 1 saturated carbocycles. The molecule has 1 amide bonds. The summed E-state index contributed by atoms with van der Waals surface area (Å²) in [6.45, 7) is 2.39. The summed E-state index contributed by atoms with van der Waals surface area (Å²) in [6, 6.07) is 6.03. The molecular weight excluding hydrogens is 535 g/mol. The average Bonchev–Trinajstić information content (AvgIpc) is 3.40. The first kappa shape index (κ1) is 28.9. The van der Waals surface area contributed by atoms with Gasteiger partial charge in [0.1, 0.15) is 16.3 Å². The number of anilines is 2. The van der Waals surface area contributed by atoms with Crippen LogP contribution < -0.4 is 10.6 Å². The third-order valence-corrected chi connectivity index (χ3v) is 8.10. The molecule has 0 atom stereocenters. The summed E-state index contributed by atoms with van der Waals surface area (Å²) < 4.78 is 39.0. The Hall–Kier alpha value is -3.13. The molecule has 210 valence electrons. The van der Waals surface area contributed by atoms with E-state index in [1.807, 2.05) is 13.0 Å². The third-order valence-electron chi connectivity index (χ3n) is 6.86. The number of aryl methyl sites for hydroxylation is 1. The lowest BCUT2D eigenvalue weighted by Gasteiger charge is -2.36. The first-order valence-corrected chi connectivity index (χ1v) is 13.2. The topological polar surface area (TPSA) is 140 Å². The normalized spacial score (nSPS) is 20.1. The van der Waals surface area contributed by atoms with Crippen molar-refractivity contribution >= 4 is 28.9 Å². The maximum absolute atomic E-state index is 13.0. The fourth-order valence-corrected chi connectivity index (χ4v) is 5.38. The van der Waals surface area contributed by atoms with Crippen molar-refractivity contribution in [3.8, 4) is 10.4 Å². The summed E-state index contributed by atoms with van der Waals surface area (Å²) in [4.78, 5) is 25.1. The molecule has 0 spiro atoms. The molecule has 2 heterocycles. The number of hydrogen-bond acceptors (Lipinski definition) is 9. The van der Waals surface area contributed by atoms with Crippen LogP contribution in [0.3, 0.4) is 0 Å². The Labute approximate surface area is 227 Å². The van der Waals surface area contributed by atoms with Gasteiger partial charge in [-0.3, -0.25) is 4.79 Å². The number of thiazole rings is 1. The van der Waals surface area contributed by atoms with Crippen LogP contribution in [0.1, 0.15) is 48.9 Å². The molecular formula is C26H30F3N5O4S. The number of aromatic nitrogens is 3. The molecule has 2 aromatic heterocycles. The van der Waals surface area contributed by atoms with E-state index < -0.39 is 42.0 Å². The summed E-state index contributed by atoms with van der Waals surface area (Å²) >= 11 is 1.33. The Morgan fingerprint density at radius 3 is 2.49 bits per heavy atom. The standard InChI is InChI=1S/C26H30F3N5O4S/c1-15-9-16(11-18(10-15)33-23-30-8-5-20(34-23)26(27,28)29)19-12-31-22(39-19)25(38)6-3-17(4-7-25)32-21(37)24(2,13-35)14-36/h5,8-12,17,35-36,38H,3-4,6-7,13-14H2,1-2H3,(H,32,37)(H,30,33,34)/t17-,25+. The number of amides is 1. The highest BCUT2D eigenvalue weighted by Gasteiger charge is 2.40. The van der Waals surface area contributed by atoms with E-state index in [-0.39, 0.29) is 12.0 Å². The molecule has 1 aliphatic carbocycles. The number of carbonyl (C=O) groups excluding carboxylic acids is 1. The number of halogens is 3. The van der Waals surface area contributed by atoms with E-state index in [0.717, 1.165) is 28.3 Å². The lowest BCUT2D eigenvalue weighted by molar-refractivity contribution is -0.141. The molecule has 3 aromatic rings. The van der Waals surface area contributed by atoms with Gasteiger partial charge in [0, 0.05) is 24.1 Å². The van der Waals surface area contributed by atoms with E-state index in [1.165, 1.54) is 18.3 Å². The van der Waals surface area contributed by atoms with Crippen LogP contribution in [0.4, 0.5) is 24.8 Å². The van der Waals surface area contributed by atoms with E-state index in [0.29, 0.717) is 36.4 Å². The van der Waals surface area contributed by atoms with Gasteiger partial charge in [0.15, 0.2) is 0 Å². The predicted octanol–water partition coefficient (Wildman–Crippen LogP) is 3.91. The zero-order valence-electron chi connectivity index (χ0n) is 21.4. The number of aliphatic hydroxyl groups is 3. The number of aliphatic hydroxyl groups excluding tert-OH is 2. The first-order valence-electron chi connectivity index (χ1n) is 12.4. The van der Waals surface area contributed by atoms with E-state index in [2.05, 4.69) is 25.6 Å². The second kappa shape index (κ2) is 11.2. The summed E-state index contributed by atoms with van der Waals surface area (Å²) in [5.41, 5.74) is -1.36. The molecule has 1 aliphatic rings. The number of benzene rings is 1. The van der Waals surface area contributed by atoms with Gasteiger partial charge >= 0.3 is 6.18 Å². The second-order valence-corrected chi connectivity index (χ2v) is 11.2. The number of nitrogens with one attached hydrogen (secondary N) is 2. The predicted molar refractivity (Wildman–Crippen MR) is 139 cm³/mol. The highest BCUT2D eigenvalue weighted by molar-refractivity contribution is 7.15. The Bertz CT molecular complexity index is 1320. The molecule has 0 radical (unpaired) electrons. The van der Waals surface area contributed by atoms with Gasteiger partial charge in [0.2, 0.25) is 11.9 Å². The Kier molecular flexibility index (Phi) is 8.26. The van der Waals surface area contributed by atoms with Crippen molar-refractivity contribution < 1.29 is 33.3 Å². The number of rotatable bonds is 8. The van der Waals surface area contributed by atoms with Crippen molar-refractivity contribution in [1.29, 1.82) is 0 Å². The Balaban J connectivity index is 1.46. The lowest BCUT2D eigenvalue weighted by Crippen LogP contribution is -2.50. The minimum atomic E-state index is -4.58. The summed E-state index contributed by atoms with van der Waals surface area (Å²) in [5, 5.41) is 36.4. The molecule has 5 N–H and O–H groups in total. The van der Waals surface area contributed by atoms with Crippen LogP contribution in [-0.2, 0) is 16.6 Å². The number of nitrogens with zero attached hydrogens (tertiary/aromatic N) is 3. The minimum absolute atomic E-state index is 0.178. The maximum atomic E-state index is 13.0. The van der Waals surface area contributed by atoms with Gasteiger partial charge < -0.3 is 26.0 Å². The summed E-state index contributed by atoms with van der Waals surface area (Å²) in [6.07, 6.45) is -0.150. The molecule has 0 saturated heterocycles. The van der Waals surface area contributed by atoms with Crippen LogP contribution in [0.5, 0.6) is 0 Å². The third kappa shape index (κ3) is 6.55. The maximum Gasteiger partial charge on any atom is 0.433 e. The van der Waals surface area contributed by atoms with Crippen LogP contribution in [0.15, 0.2) is 36.7 Å². The van der Waals surface area contributed by atoms with Gasteiger partial charge in [0.25, 0.3) is 0 Å². The van der Waals surface area contributed by atoms with Gasteiger partial charge in [-0.05, 0) is 68.9 Å². The van der Waals surface area contributed by atoms with Gasteiger partial charge in [-0.25, -0.2) is 15.0 Å². The largest absolute Gasteiger partial charge is 0.433 e. The zero-order valence-corrected chi connectivity index (χ0v) is 22.2. The van der Waals surface area contributed by atoms with Crippen LogP contribution >= 0.6 is 11.3 Å². The van der Waals surface area contributed by atoms with Crippen molar-refractivity contribution in [2.75, 3.05) is 18.5 Å². The van der Waals surface area contributed by atoms with E-state index >= 15 is 0 Å². The summed E-state index contributed by atoms with van der Waals surface area (Å²) in [7, 11) is 0. The minimum Gasteiger partial charge on any atom is -0.395 e. The molecule has 1 fully saturated rings. The molecule has 0 unspecified atom stereocenters. The van der Waals surface area contributed by atoms with Crippen LogP contribution in [0, 0.1) is 12.3 Å². The zero-order chi connectivity index (χ0) is 28.4. The quantitative estimate of drug-likeness (QED) is 0.277. The Morgan fingerprint density at radius 1 is 1.15 bits per heavy atom. The van der Waals surface area contributed by atoms with Crippen molar-refractivity contribution in [2.24, 2.45) is 5.41 Å². The monoisotopic (exact) mass is 565 g/mol. The molecule has 0 aliphatic heterocycles. The average molecular weight is 566 g/mol. The molecule has 4 rings (SSSR count). The summed E-state index contributed by atoms with van der Waals surface area (Å²) in [5.74, 6) is -0.610. The van der Waals surface area contributed by atoms with Gasteiger partial charge in [0.05, 0.1) is 23.5 Å². The molecule has 13 heteroatoms. The van der Waals surface area contributed by atoms with Gasteiger partial charge in [-0.15, -0.1) is 11.3 Å². The lowest BCUT2D eigenvalue weighted by atomic mass is 9.82. The second-order valence-electron chi connectivity index (χ2n) is 10.2. The molecule has 39 heavy (non-hydrogen) atoms. The van der Waals surface area contributed by atoms with Crippen LogP contribution in [0.2, 0.25) is 0 Å². The van der Waals surface area contributed by atoms with Gasteiger partial charge in [-0.2, -0.15) is 13.2 Å². The fourth-order valence-electron chi connectivity index (χ4n) is 4.33. The highest BCUT2D eigenvalue weighted by Crippen LogP contribution is 2.41. The van der Waals surface area contributed by atoms with E-state index in [4.69, 9.17) is 0 Å². The first-order chi connectivity index (χ1) is 18.3. The van der Waals surface area contributed by atoms with Gasteiger partial charge in [-0.1, -0.05) is 6.07 Å². The van der Waals surface area contributed by atoms with Crippen molar-refractivity contribution in [3.05, 3.63) is 52.9 Å². The molecule has 1 aromatic carbocycles. The van der Waals surface area contributed by atoms with Crippen LogP contribution in [-0.4, -0.2) is 55.4 Å². The smallest absolute Gasteiger partial charge is 0.395 e. The fraction of sp³-hybridized carbons (Fsp3) is 0.462. The SMILES string of the molecule is Cc1cc(Nc2nccc(C(F)(F)F)n2)cc(-c2cnc([C@]3(O)CC[C@@H](NC(=O)C(C)(CO)CO)CC3)s2)c1. The number of alkyl halides is 3. The van der Waals surface area contributed by atoms with Crippen molar-refractivity contribution in [1.82, 2.24) is 20.3 Å². The van der Waals surface area contributed by atoms with E-state index in [1.54, 1.807) is 18.3 Å². The van der Waals surface area contributed by atoms with Crippen LogP contribution in [0.25, 0.3) is 10.4 Å². The van der Waals surface area contributed by atoms with E-state index in [9.17, 15) is 33.3 Å². The number of carbonyl (C=O) groups is 1.